The van der Waals surface area contributed by atoms with Crippen LogP contribution < -0.4 is 0 Å². The molecule has 2 aromatic heterocycles. The van der Waals surface area contributed by atoms with Gasteiger partial charge in [-0.05, 0) is 30.7 Å². The van der Waals surface area contributed by atoms with Crippen LogP contribution in [0.2, 0.25) is 5.02 Å². The van der Waals surface area contributed by atoms with E-state index in [2.05, 4.69) is 4.98 Å². The van der Waals surface area contributed by atoms with Crippen molar-refractivity contribution in [3.63, 3.8) is 0 Å². The number of carbonyl (C=O) groups is 1. The third-order valence-electron chi connectivity index (χ3n) is 2.96. The van der Waals surface area contributed by atoms with Crippen molar-refractivity contribution in [3.05, 3.63) is 57.8 Å². The number of ketones is 1. The second kappa shape index (κ2) is 4.79. The standard InChI is InChI=1S/C14H11ClN2OS/c1-9-6-10(2-3-12(9)15)13(18)7-11-8-17-4-5-19-14(17)16-11/h2-6,8H,7H2,1H3. The molecule has 0 aliphatic carbocycles. The minimum absolute atomic E-state index is 0.0607. The number of hydrogen-bond acceptors (Lipinski definition) is 3. The highest BCUT2D eigenvalue weighted by Crippen LogP contribution is 2.18. The summed E-state index contributed by atoms with van der Waals surface area (Å²) >= 11 is 7.52. The first-order valence-electron chi connectivity index (χ1n) is 5.84. The summed E-state index contributed by atoms with van der Waals surface area (Å²) in [6.07, 6.45) is 4.15. The van der Waals surface area contributed by atoms with Gasteiger partial charge in [0.1, 0.15) is 0 Å². The molecular formula is C14H11ClN2OS. The zero-order valence-electron chi connectivity index (χ0n) is 10.3. The number of thiazole rings is 1. The van der Waals surface area contributed by atoms with Crippen LogP contribution in [0.3, 0.4) is 0 Å². The Balaban J connectivity index is 1.84. The molecule has 5 heteroatoms. The van der Waals surface area contributed by atoms with Crippen molar-refractivity contribution in [2.75, 3.05) is 0 Å². The molecule has 0 saturated carbocycles. The maximum absolute atomic E-state index is 12.2. The second-order valence-corrected chi connectivity index (χ2v) is 5.67. The number of benzene rings is 1. The van der Waals surface area contributed by atoms with Crippen LogP contribution in [0.15, 0.2) is 36.0 Å². The monoisotopic (exact) mass is 290 g/mol. The number of hydrogen-bond donors (Lipinski definition) is 0. The largest absolute Gasteiger partial charge is 0.297 e. The quantitative estimate of drug-likeness (QED) is 0.688. The predicted molar refractivity (Wildman–Crippen MR) is 77.3 cm³/mol. The van der Waals surface area contributed by atoms with Gasteiger partial charge in [-0.2, -0.15) is 0 Å². The molecule has 0 amide bonds. The van der Waals surface area contributed by atoms with Crippen LogP contribution in [0.1, 0.15) is 21.6 Å². The third kappa shape index (κ3) is 2.41. The molecule has 0 saturated heterocycles. The topological polar surface area (TPSA) is 34.4 Å². The Hall–Kier alpha value is -1.65. The lowest BCUT2D eigenvalue weighted by Gasteiger charge is -2.02. The van der Waals surface area contributed by atoms with Gasteiger partial charge >= 0.3 is 0 Å². The summed E-state index contributed by atoms with van der Waals surface area (Å²) < 4.78 is 1.93. The number of nitrogens with zero attached hydrogens (tertiary/aromatic N) is 2. The molecule has 0 atom stereocenters. The first kappa shape index (κ1) is 12.4. The maximum Gasteiger partial charge on any atom is 0.193 e. The summed E-state index contributed by atoms with van der Waals surface area (Å²) in [5.41, 5.74) is 2.39. The molecule has 0 aliphatic heterocycles. The number of carbonyl (C=O) groups excluding carboxylic acids is 1. The van der Waals surface area contributed by atoms with E-state index in [1.54, 1.807) is 23.5 Å². The average Bonchev–Trinajstić information content (AvgIpc) is 2.93. The summed E-state index contributed by atoms with van der Waals surface area (Å²) in [6.45, 7) is 1.89. The zero-order valence-corrected chi connectivity index (χ0v) is 11.8. The first-order valence-corrected chi connectivity index (χ1v) is 7.09. The zero-order chi connectivity index (χ0) is 13.4. The number of rotatable bonds is 3. The Bertz CT molecular complexity index is 731. The van der Waals surface area contributed by atoms with Crippen molar-refractivity contribution < 1.29 is 4.79 Å². The number of aryl methyl sites for hydroxylation is 1. The van der Waals surface area contributed by atoms with Crippen molar-refractivity contribution >= 4 is 33.7 Å². The second-order valence-electron chi connectivity index (χ2n) is 4.39. The molecule has 1 aromatic carbocycles. The van der Waals surface area contributed by atoms with Gasteiger partial charge in [-0.1, -0.05) is 11.6 Å². The Labute approximate surface area is 119 Å². The number of Topliss-reactive ketones (excluding diaryl/α,β-unsaturated/α-hetero) is 1. The van der Waals surface area contributed by atoms with Crippen LogP contribution in [0, 0.1) is 6.92 Å². The Morgan fingerprint density at radius 2 is 2.32 bits per heavy atom. The molecule has 0 fully saturated rings. The highest BCUT2D eigenvalue weighted by Gasteiger charge is 2.11. The maximum atomic E-state index is 12.2. The van der Waals surface area contributed by atoms with E-state index in [1.165, 1.54) is 0 Å². The van der Waals surface area contributed by atoms with E-state index < -0.39 is 0 Å². The van der Waals surface area contributed by atoms with Crippen LogP contribution in [-0.4, -0.2) is 15.2 Å². The van der Waals surface area contributed by atoms with Gasteiger partial charge in [0, 0.05) is 28.4 Å². The van der Waals surface area contributed by atoms with Gasteiger partial charge in [0.2, 0.25) is 0 Å². The fourth-order valence-electron chi connectivity index (χ4n) is 1.95. The Morgan fingerprint density at radius 3 is 3.05 bits per heavy atom. The van der Waals surface area contributed by atoms with Gasteiger partial charge in [-0.15, -0.1) is 11.3 Å². The number of halogens is 1. The number of imidazole rings is 1. The number of aromatic nitrogens is 2. The molecule has 3 rings (SSSR count). The van der Waals surface area contributed by atoms with Crippen LogP contribution in [0.25, 0.3) is 4.96 Å². The molecule has 0 unspecified atom stereocenters. The molecule has 3 aromatic rings. The molecular weight excluding hydrogens is 280 g/mol. The fourth-order valence-corrected chi connectivity index (χ4v) is 2.78. The van der Waals surface area contributed by atoms with E-state index in [0.29, 0.717) is 17.0 Å². The molecule has 3 nitrogen and oxygen atoms in total. The van der Waals surface area contributed by atoms with Gasteiger partial charge in [0.15, 0.2) is 10.7 Å². The summed E-state index contributed by atoms with van der Waals surface area (Å²) in [6, 6.07) is 5.34. The molecule has 0 radical (unpaired) electrons. The Kier molecular flexibility index (Phi) is 3.12. The van der Waals surface area contributed by atoms with Gasteiger partial charge in [0.25, 0.3) is 0 Å². The molecule has 2 heterocycles. The first-order chi connectivity index (χ1) is 9.13. The van der Waals surface area contributed by atoms with E-state index in [0.717, 1.165) is 16.2 Å². The summed E-state index contributed by atoms with van der Waals surface area (Å²) in [5, 5.41) is 2.65. The van der Waals surface area contributed by atoms with Crippen molar-refractivity contribution in [3.8, 4) is 0 Å². The molecule has 0 aliphatic rings. The van der Waals surface area contributed by atoms with Crippen molar-refractivity contribution in [1.29, 1.82) is 0 Å². The van der Waals surface area contributed by atoms with E-state index in [9.17, 15) is 4.79 Å². The molecule has 0 bridgehead atoms. The molecule has 96 valence electrons. The molecule has 0 spiro atoms. The molecule has 19 heavy (non-hydrogen) atoms. The fraction of sp³-hybridized carbons (Fsp3) is 0.143. The highest BCUT2D eigenvalue weighted by molar-refractivity contribution is 7.15. The van der Waals surface area contributed by atoms with Gasteiger partial charge in [-0.25, -0.2) is 4.98 Å². The summed E-state index contributed by atoms with van der Waals surface area (Å²) in [7, 11) is 0. The van der Waals surface area contributed by atoms with Gasteiger partial charge in [-0.3, -0.25) is 9.20 Å². The minimum atomic E-state index is 0.0607. The van der Waals surface area contributed by atoms with Crippen LogP contribution in [0.4, 0.5) is 0 Å². The lowest BCUT2D eigenvalue weighted by Crippen LogP contribution is -2.04. The summed E-state index contributed by atoms with van der Waals surface area (Å²) in [5.74, 6) is 0.0607. The van der Waals surface area contributed by atoms with Crippen LogP contribution in [-0.2, 0) is 6.42 Å². The van der Waals surface area contributed by atoms with Crippen LogP contribution in [0.5, 0.6) is 0 Å². The highest BCUT2D eigenvalue weighted by atomic mass is 35.5. The van der Waals surface area contributed by atoms with E-state index in [4.69, 9.17) is 11.6 Å². The number of fused-ring (bicyclic) bond motifs is 1. The van der Waals surface area contributed by atoms with Crippen molar-refractivity contribution in [2.45, 2.75) is 13.3 Å². The third-order valence-corrected chi connectivity index (χ3v) is 4.16. The molecule has 0 N–H and O–H groups in total. The average molecular weight is 291 g/mol. The minimum Gasteiger partial charge on any atom is -0.297 e. The smallest absolute Gasteiger partial charge is 0.193 e. The van der Waals surface area contributed by atoms with E-state index >= 15 is 0 Å². The van der Waals surface area contributed by atoms with Crippen molar-refractivity contribution in [2.24, 2.45) is 0 Å². The van der Waals surface area contributed by atoms with Gasteiger partial charge < -0.3 is 0 Å². The van der Waals surface area contributed by atoms with Crippen molar-refractivity contribution in [1.82, 2.24) is 9.38 Å². The van der Waals surface area contributed by atoms with E-state index in [1.807, 2.05) is 35.2 Å². The normalized spacial score (nSPS) is 11.1. The van der Waals surface area contributed by atoms with Crippen LogP contribution >= 0.6 is 22.9 Å². The predicted octanol–water partition coefficient (Wildman–Crippen LogP) is 3.78. The van der Waals surface area contributed by atoms with E-state index in [-0.39, 0.29) is 5.78 Å². The SMILES string of the molecule is Cc1cc(C(=O)Cc2cn3ccsc3n2)ccc1Cl. The summed E-state index contributed by atoms with van der Waals surface area (Å²) in [4.78, 5) is 17.5. The Morgan fingerprint density at radius 1 is 1.47 bits per heavy atom. The van der Waals surface area contributed by atoms with Gasteiger partial charge in [0.05, 0.1) is 12.1 Å². The lowest BCUT2D eigenvalue weighted by molar-refractivity contribution is 0.0992. The lowest BCUT2D eigenvalue weighted by atomic mass is 10.0.